The number of benzene rings is 2. The third-order valence-electron chi connectivity index (χ3n) is 7.36. The highest BCUT2D eigenvalue weighted by molar-refractivity contribution is 5.72. The first-order valence-electron chi connectivity index (χ1n) is 12.4. The lowest BCUT2D eigenvalue weighted by molar-refractivity contribution is 0.0689. The molecule has 0 amide bonds. The highest BCUT2D eigenvalue weighted by Gasteiger charge is 2.45. The summed E-state index contributed by atoms with van der Waals surface area (Å²) >= 11 is 0. The van der Waals surface area contributed by atoms with E-state index in [0.29, 0.717) is 17.4 Å². The number of aromatic nitrogens is 1. The zero-order chi connectivity index (χ0) is 24.0. The highest BCUT2D eigenvalue weighted by atomic mass is 19.1. The van der Waals surface area contributed by atoms with Gasteiger partial charge in [0.05, 0.1) is 5.60 Å². The minimum atomic E-state index is -0.633. The van der Waals surface area contributed by atoms with Crippen LogP contribution in [0.2, 0.25) is 0 Å². The number of hydrogen-bond donors (Lipinski definition) is 1. The Hall–Kier alpha value is -2.72. The molecule has 5 rings (SSSR count). The summed E-state index contributed by atoms with van der Waals surface area (Å²) < 4.78 is 20.6. The Kier molecular flexibility index (Phi) is 5.97. The maximum atomic E-state index is 14.6. The van der Waals surface area contributed by atoms with E-state index in [1.54, 1.807) is 0 Å². The number of rotatable bonds is 8. The van der Waals surface area contributed by atoms with Crippen LogP contribution in [0.15, 0.2) is 42.6 Å². The SMILES string of the molecule is Cc1cc(CCCC(C)(C)O)cc(C)c1-c1ccc(F)c(COc2cc3c(cn2)C2CC2C3)c1. The second-order valence-corrected chi connectivity index (χ2v) is 10.9. The molecule has 2 aliphatic carbocycles. The average Bonchev–Trinajstić information content (AvgIpc) is 3.43. The topological polar surface area (TPSA) is 42.4 Å². The summed E-state index contributed by atoms with van der Waals surface area (Å²) in [7, 11) is 0. The molecular formula is C30H34FNO2. The van der Waals surface area contributed by atoms with Gasteiger partial charge in [0.25, 0.3) is 0 Å². The van der Waals surface area contributed by atoms with Crippen LogP contribution in [-0.4, -0.2) is 15.7 Å². The molecular weight excluding hydrogens is 425 g/mol. The summed E-state index contributed by atoms with van der Waals surface area (Å²) in [4.78, 5) is 4.47. The number of nitrogens with zero attached hydrogens (tertiary/aromatic N) is 1. The minimum absolute atomic E-state index is 0.158. The van der Waals surface area contributed by atoms with Gasteiger partial charge in [0.15, 0.2) is 0 Å². The molecule has 0 aliphatic heterocycles. The molecule has 0 radical (unpaired) electrons. The van der Waals surface area contributed by atoms with E-state index >= 15 is 0 Å². The lowest BCUT2D eigenvalue weighted by Crippen LogP contribution is -2.18. The molecule has 1 fully saturated rings. The van der Waals surface area contributed by atoms with Crippen molar-refractivity contribution >= 4 is 0 Å². The molecule has 3 aromatic rings. The van der Waals surface area contributed by atoms with Gasteiger partial charge in [-0.3, -0.25) is 0 Å². The van der Waals surface area contributed by atoms with Gasteiger partial charge in [-0.05, 0) is 123 Å². The highest BCUT2D eigenvalue weighted by Crippen LogP contribution is 2.56. The first kappa shape index (κ1) is 23.0. The van der Waals surface area contributed by atoms with Gasteiger partial charge >= 0.3 is 0 Å². The number of aliphatic hydroxyl groups is 1. The van der Waals surface area contributed by atoms with Crippen LogP contribution in [0.1, 0.15) is 72.4 Å². The van der Waals surface area contributed by atoms with Crippen LogP contribution in [0, 0.1) is 25.6 Å². The van der Waals surface area contributed by atoms with Crippen molar-refractivity contribution in [3.8, 4) is 17.0 Å². The molecule has 4 heteroatoms. The van der Waals surface area contributed by atoms with Gasteiger partial charge in [-0.25, -0.2) is 9.37 Å². The molecule has 2 unspecified atom stereocenters. The summed E-state index contributed by atoms with van der Waals surface area (Å²) in [5.74, 6) is 1.84. The van der Waals surface area contributed by atoms with Gasteiger partial charge in [-0.2, -0.15) is 0 Å². The normalized spacial score (nSPS) is 18.5. The zero-order valence-electron chi connectivity index (χ0n) is 20.6. The van der Waals surface area contributed by atoms with E-state index in [9.17, 15) is 9.50 Å². The Morgan fingerprint density at radius 1 is 1.12 bits per heavy atom. The Labute approximate surface area is 202 Å². The lowest BCUT2D eigenvalue weighted by Gasteiger charge is -2.18. The van der Waals surface area contributed by atoms with Crippen molar-refractivity contribution in [1.29, 1.82) is 0 Å². The quantitative estimate of drug-likeness (QED) is 0.401. The van der Waals surface area contributed by atoms with E-state index in [0.717, 1.165) is 42.7 Å². The van der Waals surface area contributed by atoms with Crippen LogP contribution in [0.5, 0.6) is 5.88 Å². The van der Waals surface area contributed by atoms with E-state index in [2.05, 4.69) is 31.0 Å². The van der Waals surface area contributed by atoms with E-state index in [-0.39, 0.29) is 12.4 Å². The van der Waals surface area contributed by atoms with Crippen molar-refractivity contribution in [3.63, 3.8) is 0 Å². The van der Waals surface area contributed by atoms with Crippen molar-refractivity contribution in [2.24, 2.45) is 5.92 Å². The van der Waals surface area contributed by atoms with E-state index in [1.165, 1.54) is 40.3 Å². The van der Waals surface area contributed by atoms with Crippen LogP contribution < -0.4 is 4.74 Å². The molecule has 2 atom stereocenters. The molecule has 178 valence electrons. The summed E-state index contributed by atoms with van der Waals surface area (Å²) in [6.45, 7) is 8.09. The van der Waals surface area contributed by atoms with Crippen LogP contribution in [0.25, 0.3) is 11.1 Å². The standard InChI is InChI=1S/C30H34FNO2/c1-18-10-20(6-5-9-30(3,4)33)11-19(2)29(18)21-7-8-27(31)24(12-21)17-34-28-15-23-13-22-14-25(22)26(23)16-32-28/h7-8,10-12,15-16,22,25,33H,5-6,9,13-14,17H2,1-4H3. The third kappa shape index (κ3) is 4.88. The maximum Gasteiger partial charge on any atom is 0.213 e. The summed E-state index contributed by atoms with van der Waals surface area (Å²) in [5, 5.41) is 9.97. The second-order valence-electron chi connectivity index (χ2n) is 10.9. The molecule has 34 heavy (non-hydrogen) atoms. The molecule has 2 aliphatic rings. The molecule has 1 aromatic heterocycles. The third-order valence-corrected chi connectivity index (χ3v) is 7.36. The first-order valence-corrected chi connectivity index (χ1v) is 12.4. The van der Waals surface area contributed by atoms with Gasteiger partial charge in [0.1, 0.15) is 12.4 Å². The lowest BCUT2D eigenvalue weighted by atomic mass is 9.90. The smallest absolute Gasteiger partial charge is 0.213 e. The van der Waals surface area contributed by atoms with Gasteiger partial charge in [0, 0.05) is 17.8 Å². The van der Waals surface area contributed by atoms with Crippen LogP contribution in [0.3, 0.4) is 0 Å². The van der Waals surface area contributed by atoms with Crippen molar-refractivity contribution in [2.75, 3.05) is 0 Å². The molecule has 1 heterocycles. The molecule has 2 aromatic carbocycles. The number of pyridine rings is 1. The van der Waals surface area contributed by atoms with Crippen molar-refractivity contribution in [3.05, 3.63) is 81.8 Å². The van der Waals surface area contributed by atoms with Crippen LogP contribution >= 0.6 is 0 Å². The average molecular weight is 460 g/mol. The molecule has 3 nitrogen and oxygen atoms in total. The van der Waals surface area contributed by atoms with E-state index in [4.69, 9.17) is 4.74 Å². The number of aryl methyl sites for hydroxylation is 3. The molecule has 1 saturated carbocycles. The maximum absolute atomic E-state index is 14.6. The Morgan fingerprint density at radius 3 is 2.62 bits per heavy atom. The molecule has 0 saturated heterocycles. The predicted molar refractivity (Wildman–Crippen MR) is 134 cm³/mol. The first-order chi connectivity index (χ1) is 16.2. The van der Waals surface area contributed by atoms with E-state index in [1.807, 2.05) is 38.2 Å². The largest absolute Gasteiger partial charge is 0.473 e. The minimum Gasteiger partial charge on any atom is -0.473 e. The summed E-state index contributed by atoms with van der Waals surface area (Å²) in [6, 6.07) is 11.8. The molecule has 1 N–H and O–H groups in total. The van der Waals surface area contributed by atoms with Crippen molar-refractivity contribution < 1.29 is 14.2 Å². The molecule has 0 spiro atoms. The van der Waals surface area contributed by atoms with Gasteiger partial charge in [-0.1, -0.05) is 18.2 Å². The Balaban J connectivity index is 1.31. The fourth-order valence-electron chi connectivity index (χ4n) is 5.58. The fraction of sp³-hybridized carbons (Fsp3) is 0.433. The Morgan fingerprint density at radius 2 is 1.88 bits per heavy atom. The summed E-state index contributed by atoms with van der Waals surface area (Å²) in [6.07, 6.45) is 7.02. The number of fused-ring (bicyclic) bond motifs is 3. The second kappa shape index (κ2) is 8.81. The Bertz CT molecular complexity index is 1200. The van der Waals surface area contributed by atoms with Gasteiger partial charge < -0.3 is 9.84 Å². The van der Waals surface area contributed by atoms with Gasteiger partial charge in [-0.15, -0.1) is 0 Å². The number of hydrogen-bond acceptors (Lipinski definition) is 3. The van der Waals surface area contributed by atoms with Crippen molar-refractivity contribution in [1.82, 2.24) is 4.98 Å². The predicted octanol–water partition coefficient (Wildman–Crippen LogP) is 6.84. The van der Waals surface area contributed by atoms with Crippen LogP contribution in [-0.2, 0) is 19.4 Å². The van der Waals surface area contributed by atoms with Crippen LogP contribution in [0.4, 0.5) is 4.39 Å². The number of halogens is 1. The molecule has 0 bridgehead atoms. The van der Waals surface area contributed by atoms with Crippen molar-refractivity contribution in [2.45, 2.75) is 77.9 Å². The zero-order valence-corrected chi connectivity index (χ0v) is 20.6. The number of ether oxygens (including phenoxy) is 1. The van der Waals surface area contributed by atoms with Gasteiger partial charge in [0.2, 0.25) is 5.88 Å². The van der Waals surface area contributed by atoms with E-state index < -0.39 is 5.60 Å². The fourth-order valence-corrected chi connectivity index (χ4v) is 5.58. The summed E-state index contributed by atoms with van der Waals surface area (Å²) in [5.41, 5.74) is 8.39. The monoisotopic (exact) mass is 459 g/mol.